The van der Waals surface area contributed by atoms with Crippen LogP contribution < -0.4 is 24.4 Å². The minimum absolute atomic E-state index is 0.168. The Bertz CT molecular complexity index is 1630. The molecule has 4 rings (SSSR count). The van der Waals surface area contributed by atoms with Gasteiger partial charge in [-0.25, -0.2) is 14.6 Å². The molecule has 0 fully saturated rings. The zero-order valence-corrected chi connectivity index (χ0v) is 23.5. The molecule has 0 bridgehead atoms. The summed E-state index contributed by atoms with van der Waals surface area (Å²) in [6.07, 6.45) is 5.47. The molecule has 3 aromatic rings. The summed E-state index contributed by atoms with van der Waals surface area (Å²) >= 11 is 1.24. The van der Waals surface area contributed by atoms with E-state index >= 15 is 0 Å². The van der Waals surface area contributed by atoms with E-state index in [0.29, 0.717) is 38.7 Å². The van der Waals surface area contributed by atoms with Gasteiger partial charge in [0.1, 0.15) is 0 Å². The monoisotopic (exact) mass is 562 g/mol. The molecule has 0 radical (unpaired) electrons. The Kier molecular flexibility index (Phi) is 9.34. The van der Waals surface area contributed by atoms with Crippen molar-refractivity contribution in [3.8, 4) is 11.5 Å². The molecule has 0 N–H and O–H groups in total. The van der Waals surface area contributed by atoms with Crippen LogP contribution in [-0.4, -0.2) is 43.4 Å². The summed E-state index contributed by atoms with van der Waals surface area (Å²) in [4.78, 5) is 43.6. The van der Waals surface area contributed by atoms with Gasteiger partial charge in [0.15, 0.2) is 22.9 Å². The number of benzene rings is 2. The number of thiazole rings is 1. The maximum absolute atomic E-state index is 13.7. The lowest BCUT2D eigenvalue weighted by atomic mass is 9.95. The molecule has 0 amide bonds. The summed E-state index contributed by atoms with van der Waals surface area (Å²) < 4.78 is 23.4. The van der Waals surface area contributed by atoms with Crippen LogP contribution in [0.4, 0.5) is 0 Å². The molecule has 208 valence electrons. The molecule has 1 aliphatic heterocycles. The number of carbonyl (C=O) groups is 2. The van der Waals surface area contributed by atoms with Gasteiger partial charge in [0, 0.05) is 0 Å². The zero-order chi connectivity index (χ0) is 28.6. The molecule has 9 nitrogen and oxygen atoms in total. The largest absolute Gasteiger partial charge is 0.490 e. The molecular formula is C30H30N2O7S. The van der Waals surface area contributed by atoms with Crippen LogP contribution in [-0.2, 0) is 19.1 Å². The number of aromatic nitrogens is 1. The molecule has 1 aromatic heterocycles. The smallest absolute Gasteiger partial charge is 0.343 e. The highest BCUT2D eigenvalue weighted by molar-refractivity contribution is 7.07. The first-order valence-electron chi connectivity index (χ1n) is 12.8. The molecular weight excluding hydrogens is 532 g/mol. The second kappa shape index (κ2) is 13.1. The molecule has 0 saturated carbocycles. The lowest BCUT2D eigenvalue weighted by molar-refractivity contribution is -0.143. The van der Waals surface area contributed by atoms with E-state index in [1.165, 1.54) is 23.0 Å². The molecule has 40 heavy (non-hydrogen) atoms. The third-order valence-electron chi connectivity index (χ3n) is 6.01. The normalized spacial score (nSPS) is 15.0. The van der Waals surface area contributed by atoms with Gasteiger partial charge in [-0.3, -0.25) is 9.36 Å². The lowest BCUT2D eigenvalue weighted by Crippen LogP contribution is -2.39. The highest BCUT2D eigenvalue weighted by atomic mass is 32.1. The van der Waals surface area contributed by atoms with Crippen LogP contribution in [0.5, 0.6) is 11.5 Å². The summed E-state index contributed by atoms with van der Waals surface area (Å²) in [7, 11) is 1.28. The van der Waals surface area contributed by atoms with Gasteiger partial charge in [0.25, 0.3) is 5.56 Å². The molecule has 0 saturated heterocycles. The van der Waals surface area contributed by atoms with E-state index in [0.717, 1.165) is 5.56 Å². The third-order valence-corrected chi connectivity index (χ3v) is 7.01. The molecule has 0 aliphatic carbocycles. The van der Waals surface area contributed by atoms with Crippen molar-refractivity contribution in [3.63, 3.8) is 0 Å². The van der Waals surface area contributed by atoms with Gasteiger partial charge in [0.05, 0.1) is 42.2 Å². The van der Waals surface area contributed by atoms with Gasteiger partial charge in [-0.05, 0) is 50.1 Å². The number of carbonyl (C=O) groups excluding carboxylic acids is 2. The lowest BCUT2D eigenvalue weighted by Gasteiger charge is -2.25. The number of esters is 2. The summed E-state index contributed by atoms with van der Waals surface area (Å²) in [5.41, 5.74) is 2.03. The Hall–Kier alpha value is -4.44. The van der Waals surface area contributed by atoms with Crippen molar-refractivity contribution in [1.29, 1.82) is 0 Å². The van der Waals surface area contributed by atoms with E-state index in [1.54, 1.807) is 38.1 Å². The quantitative estimate of drug-likeness (QED) is 0.349. The Balaban J connectivity index is 1.84. The molecule has 10 heteroatoms. The number of fused-ring (bicyclic) bond motifs is 1. The van der Waals surface area contributed by atoms with E-state index in [1.807, 2.05) is 49.4 Å². The van der Waals surface area contributed by atoms with Crippen LogP contribution in [0.2, 0.25) is 0 Å². The fourth-order valence-corrected chi connectivity index (χ4v) is 5.21. The van der Waals surface area contributed by atoms with Crippen LogP contribution in [0.1, 0.15) is 37.9 Å². The van der Waals surface area contributed by atoms with Gasteiger partial charge in [-0.15, -0.1) is 0 Å². The number of hydrogen-bond acceptors (Lipinski definition) is 9. The first-order valence-corrected chi connectivity index (χ1v) is 13.6. The molecule has 2 heterocycles. The first kappa shape index (κ1) is 28.6. The number of allylic oxidation sites excluding steroid dienone is 2. The molecule has 1 aliphatic rings. The van der Waals surface area contributed by atoms with E-state index in [-0.39, 0.29) is 24.3 Å². The van der Waals surface area contributed by atoms with Crippen LogP contribution in [0, 0.1) is 0 Å². The highest BCUT2D eigenvalue weighted by Gasteiger charge is 2.34. The average molecular weight is 563 g/mol. The van der Waals surface area contributed by atoms with Crippen molar-refractivity contribution in [2.75, 3.05) is 26.9 Å². The fraction of sp³-hybridized carbons (Fsp3) is 0.267. The summed E-state index contributed by atoms with van der Waals surface area (Å²) in [6, 6.07) is 14.0. The van der Waals surface area contributed by atoms with E-state index in [2.05, 4.69) is 9.73 Å². The maximum Gasteiger partial charge on any atom is 0.343 e. The number of rotatable bonds is 10. The molecule has 0 spiro atoms. The summed E-state index contributed by atoms with van der Waals surface area (Å²) in [5.74, 6) is -0.415. The first-order chi connectivity index (χ1) is 19.4. The SMILES string of the molecule is CCOC(=O)C1=C(C)N=c2s/c(=C\C=C\c3ccccc3)c(=O)n2[C@H]1c1ccc(OCC(=O)OC)c(OCC)c1. The maximum atomic E-state index is 13.7. The van der Waals surface area contributed by atoms with Crippen molar-refractivity contribution in [2.24, 2.45) is 4.99 Å². The Labute approximate surface area is 235 Å². The second-order valence-corrected chi connectivity index (χ2v) is 9.61. The fourth-order valence-electron chi connectivity index (χ4n) is 4.21. The van der Waals surface area contributed by atoms with Crippen molar-refractivity contribution >= 4 is 35.4 Å². The zero-order valence-electron chi connectivity index (χ0n) is 22.7. The van der Waals surface area contributed by atoms with Gasteiger partial charge in [0.2, 0.25) is 0 Å². The Morgan fingerprint density at radius 1 is 1.05 bits per heavy atom. The van der Waals surface area contributed by atoms with Crippen molar-refractivity contribution < 1.29 is 28.5 Å². The van der Waals surface area contributed by atoms with Gasteiger partial charge < -0.3 is 18.9 Å². The van der Waals surface area contributed by atoms with E-state index < -0.39 is 18.0 Å². The molecule has 1 atom stereocenters. The van der Waals surface area contributed by atoms with Crippen LogP contribution in [0.3, 0.4) is 0 Å². The van der Waals surface area contributed by atoms with Crippen molar-refractivity contribution in [2.45, 2.75) is 26.8 Å². The molecule has 0 unspecified atom stereocenters. The summed E-state index contributed by atoms with van der Waals surface area (Å²) in [5, 5.41) is 0. The number of hydrogen-bond donors (Lipinski definition) is 0. The van der Waals surface area contributed by atoms with Gasteiger partial charge in [-0.2, -0.15) is 0 Å². The number of nitrogens with zero attached hydrogens (tertiary/aromatic N) is 2. The van der Waals surface area contributed by atoms with Crippen molar-refractivity contribution in [1.82, 2.24) is 4.57 Å². The van der Waals surface area contributed by atoms with Crippen LogP contribution >= 0.6 is 11.3 Å². The second-order valence-electron chi connectivity index (χ2n) is 8.60. The summed E-state index contributed by atoms with van der Waals surface area (Å²) in [6.45, 7) is 5.46. The average Bonchev–Trinajstić information content (AvgIpc) is 3.26. The number of ether oxygens (including phenoxy) is 4. The minimum Gasteiger partial charge on any atom is -0.490 e. The Morgan fingerprint density at radius 3 is 2.52 bits per heavy atom. The van der Waals surface area contributed by atoms with Crippen LogP contribution in [0.25, 0.3) is 12.2 Å². The highest BCUT2D eigenvalue weighted by Crippen LogP contribution is 2.36. The topological polar surface area (TPSA) is 105 Å². The minimum atomic E-state index is -0.815. The van der Waals surface area contributed by atoms with Crippen molar-refractivity contribution in [3.05, 3.63) is 96.7 Å². The standard InChI is InChI=1S/C30H30N2O7S/c1-5-37-23-17-21(15-16-22(23)39-18-25(33)36-4)27-26(29(35)38-6-2)19(3)31-30-32(27)28(34)24(40-30)14-10-13-20-11-8-7-9-12-20/h7-17,27H,5-6,18H2,1-4H3/b13-10+,24-14-/t27-/m0/s1. The molecule has 2 aromatic carbocycles. The predicted octanol–water partition coefficient (Wildman–Crippen LogP) is 3.41. The predicted molar refractivity (Wildman–Crippen MR) is 152 cm³/mol. The van der Waals surface area contributed by atoms with Crippen LogP contribution in [0.15, 0.2) is 75.7 Å². The Morgan fingerprint density at radius 2 is 1.82 bits per heavy atom. The number of methoxy groups -OCH3 is 1. The third kappa shape index (κ3) is 6.23. The van der Waals surface area contributed by atoms with E-state index in [4.69, 9.17) is 14.2 Å². The van der Waals surface area contributed by atoms with Gasteiger partial charge in [-0.1, -0.05) is 59.9 Å². The van der Waals surface area contributed by atoms with Gasteiger partial charge >= 0.3 is 11.9 Å². The van der Waals surface area contributed by atoms with E-state index in [9.17, 15) is 14.4 Å².